The number of nitrogens with zero attached hydrogens (tertiary/aromatic N) is 3. The Kier molecular flexibility index (Phi) is 6.22. The molecule has 2 atom stereocenters. The second-order valence-corrected chi connectivity index (χ2v) is 8.74. The van der Waals surface area contributed by atoms with Crippen LogP contribution in [0.2, 0.25) is 0 Å². The monoisotopic (exact) mass is 427 g/mol. The molecule has 1 aromatic carbocycles. The molecule has 0 spiro atoms. The van der Waals surface area contributed by atoms with Crippen LogP contribution in [-0.4, -0.2) is 41.4 Å². The van der Waals surface area contributed by atoms with Gasteiger partial charge in [-0.15, -0.1) is 0 Å². The van der Waals surface area contributed by atoms with Gasteiger partial charge in [0.1, 0.15) is 19.0 Å². The van der Waals surface area contributed by atoms with Gasteiger partial charge in [-0.1, -0.05) is 19.9 Å². The van der Waals surface area contributed by atoms with E-state index in [1.807, 2.05) is 31.2 Å². The standard InChI is InChI=1S/C22H29N5O2S/c1-14-8-15(2)13-27(12-14)20-9-16(3)24-21(25-20)26-22(30)23-11-17-4-5-18-19(10-17)29-7-6-28-18/h4-5,9-10,14-15H,6-8,11-13H2,1-3H3,(H2,23,24,25,26,30). The van der Waals surface area contributed by atoms with E-state index in [0.717, 1.165) is 41.7 Å². The average Bonchev–Trinajstić information content (AvgIpc) is 2.71. The van der Waals surface area contributed by atoms with E-state index >= 15 is 0 Å². The molecular weight excluding hydrogens is 398 g/mol. The van der Waals surface area contributed by atoms with Gasteiger partial charge in [-0.3, -0.25) is 0 Å². The lowest BCUT2D eigenvalue weighted by atomic mass is 9.92. The molecule has 2 aliphatic heterocycles. The van der Waals surface area contributed by atoms with E-state index in [9.17, 15) is 0 Å². The predicted octanol–water partition coefficient (Wildman–Crippen LogP) is 3.53. The van der Waals surface area contributed by atoms with E-state index in [-0.39, 0.29) is 0 Å². The summed E-state index contributed by atoms with van der Waals surface area (Å²) >= 11 is 5.46. The maximum absolute atomic E-state index is 5.64. The highest BCUT2D eigenvalue weighted by molar-refractivity contribution is 7.80. The van der Waals surface area contributed by atoms with E-state index in [1.54, 1.807) is 0 Å². The Morgan fingerprint density at radius 2 is 1.83 bits per heavy atom. The maximum atomic E-state index is 5.64. The van der Waals surface area contributed by atoms with Crippen LogP contribution in [0, 0.1) is 18.8 Å². The van der Waals surface area contributed by atoms with Crippen LogP contribution in [0.3, 0.4) is 0 Å². The van der Waals surface area contributed by atoms with Crippen LogP contribution in [-0.2, 0) is 6.54 Å². The second kappa shape index (κ2) is 9.04. The minimum Gasteiger partial charge on any atom is -0.486 e. The van der Waals surface area contributed by atoms with Gasteiger partial charge in [0.15, 0.2) is 16.6 Å². The van der Waals surface area contributed by atoms with Gasteiger partial charge in [-0.25, -0.2) is 4.98 Å². The van der Waals surface area contributed by atoms with Gasteiger partial charge in [-0.05, 0) is 55.1 Å². The Balaban J connectivity index is 1.38. The molecule has 0 amide bonds. The number of thiocarbonyl (C=S) groups is 1. The molecule has 1 aromatic heterocycles. The molecule has 0 radical (unpaired) electrons. The normalized spacial score (nSPS) is 20.6. The minimum atomic E-state index is 0.488. The van der Waals surface area contributed by atoms with E-state index in [2.05, 4.69) is 34.4 Å². The molecule has 1 fully saturated rings. The van der Waals surface area contributed by atoms with Gasteiger partial charge in [0, 0.05) is 31.4 Å². The number of ether oxygens (including phenoxy) is 2. The number of piperidine rings is 1. The van der Waals surface area contributed by atoms with Crippen LogP contribution >= 0.6 is 12.2 Å². The number of nitrogens with one attached hydrogen (secondary N) is 2. The molecule has 0 saturated carbocycles. The molecular formula is C22H29N5O2S. The number of rotatable bonds is 4. The van der Waals surface area contributed by atoms with Gasteiger partial charge < -0.3 is 25.0 Å². The number of hydrogen-bond acceptors (Lipinski definition) is 6. The average molecular weight is 428 g/mol. The molecule has 2 N–H and O–H groups in total. The number of fused-ring (bicyclic) bond motifs is 1. The summed E-state index contributed by atoms with van der Waals surface area (Å²) in [6.45, 7) is 10.4. The Hall–Kier alpha value is -2.61. The summed E-state index contributed by atoms with van der Waals surface area (Å²) < 4.78 is 11.2. The van der Waals surface area contributed by atoms with Crippen molar-refractivity contribution in [3.05, 3.63) is 35.5 Å². The van der Waals surface area contributed by atoms with E-state index in [4.69, 9.17) is 26.7 Å². The Labute approximate surface area is 183 Å². The highest BCUT2D eigenvalue weighted by atomic mass is 32.1. The Morgan fingerprint density at radius 1 is 1.10 bits per heavy atom. The summed E-state index contributed by atoms with van der Waals surface area (Å²) in [5.41, 5.74) is 1.98. The Morgan fingerprint density at radius 3 is 2.60 bits per heavy atom. The van der Waals surface area contributed by atoms with Crippen LogP contribution < -0.4 is 25.0 Å². The van der Waals surface area contributed by atoms with Gasteiger partial charge in [0.2, 0.25) is 5.95 Å². The summed E-state index contributed by atoms with van der Waals surface area (Å²) in [7, 11) is 0. The maximum Gasteiger partial charge on any atom is 0.231 e. The lowest BCUT2D eigenvalue weighted by molar-refractivity contribution is 0.171. The fraction of sp³-hybridized carbons (Fsp3) is 0.500. The van der Waals surface area contributed by atoms with Crippen molar-refractivity contribution < 1.29 is 9.47 Å². The molecule has 2 aromatic rings. The summed E-state index contributed by atoms with van der Waals surface area (Å²) in [5, 5.41) is 6.84. The topological polar surface area (TPSA) is 71.5 Å². The van der Waals surface area contributed by atoms with Crippen molar-refractivity contribution in [2.24, 2.45) is 11.8 Å². The number of benzene rings is 1. The molecule has 2 unspecified atom stereocenters. The molecule has 0 bridgehead atoms. The molecule has 3 heterocycles. The fourth-order valence-electron chi connectivity index (χ4n) is 4.15. The smallest absolute Gasteiger partial charge is 0.231 e. The zero-order valence-corrected chi connectivity index (χ0v) is 18.6. The zero-order chi connectivity index (χ0) is 21.1. The first-order chi connectivity index (χ1) is 14.5. The lowest BCUT2D eigenvalue weighted by Crippen LogP contribution is -2.39. The quantitative estimate of drug-likeness (QED) is 0.718. The van der Waals surface area contributed by atoms with E-state index in [1.165, 1.54) is 6.42 Å². The lowest BCUT2D eigenvalue weighted by Gasteiger charge is -2.36. The molecule has 30 heavy (non-hydrogen) atoms. The van der Waals surface area contributed by atoms with E-state index in [0.29, 0.717) is 42.7 Å². The first kappa shape index (κ1) is 20.7. The third-order valence-corrected chi connectivity index (χ3v) is 5.56. The van der Waals surface area contributed by atoms with Crippen molar-refractivity contribution in [3.63, 3.8) is 0 Å². The van der Waals surface area contributed by atoms with Crippen LogP contribution in [0.15, 0.2) is 24.3 Å². The predicted molar refractivity (Wildman–Crippen MR) is 122 cm³/mol. The zero-order valence-electron chi connectivity index (χ0n) is 17.8. The highest BCUT2D eigenvalue weighted by Crippen LogP contribution is 2.30. The van der Waals surface area contributed by atoms with Crippen molar-refractivity contribution in [2.75, 3.05) is 36.5 Å². The SMILES string of the molecule is Cc1cc(N2CC(C)CC(C)C2)nc(NC(=S)NCc2ccc3c(c2)OCCO3)n1. The van der Waals surface area contributed by atoms with Crippen molar-refractivity contribution in [3.8, 4) is 11.5 Å². The van der Waals surface area contributed by atoms with Crippen molar-refractivity contribution in [1.82, 2.24) is 15.3 Å². The summed E-state index contributed by atoms with van der Waals surface area (Å²) in [4.78, 5) is 11.6. The molecule has 4 rings (SSSR count). The van der Waals surface area contributed by atoms with Crippen molar-refractivity contribution in [1.29, 1.82) is 0 Å². The molecule has 7 nitrogen and oxygen atoms in total. The van der Waals surface area contributed by atoms with Crippen LogP contribution in [0.4, 0.5) is 11.8 Å². The molecule has 0 aliphatic carbocycles. The molecule has 1 saturated heterocycles. The van der Waals surface area contributed by atoms with Gasteiger partial charge in [0.05, 0.1) is 0 Å². The van der Waals surface area contributed by atoms with Gasteiger partial charge in [0.25, 0.3) is 0 Å². The third-order valence-electron chi connectivity index (χ3n) is 5.32. The summed E-state index contributed by atoms with van der Waals surface area (Å²) in [6, 6.07) is 7.95. The largest absolute Gasteiger partial charge is 0.486 e. The van der Waals surface area contributed by atoms with E-state index < -0.39 is 0 Å². The number of anilines is 2. The first-order valence-corrected chi connectivity index (χ1v) is 10.9. The first-order valence-electron chi connectivity index (χ1n) is 10.5. The Bertz CT molecular complexity index is 912. The van der Waals surface area contributed by atoms with Gasteiger partial charge >= 0.3 is 0 Å². The summed E-state index contributed by atoms with van der Waals surface area (Å²) in [6.07, 6.45) is 1.26. The van der Waals surface area contributed by atoms with Crippen LogP contribution in [0.1, 0.15) is 31.5 Å². The van der Waals surface area contributed by atoms with Gasteiger partial charge in [-0.2, -0.15) is 4.98 Å². The molecule has 2 aliphatic rings. The van der Waals surface area contributed by atoms with Crippen molar-refractivity contribution in [2.45, 2.75) is 33.7 Å². The third kappa shape index (κ3) is 5.11. The van der Waals surface area contributed by atoms with Crippen LogP contribution in [0.25, 0.3) is 0 Å². The molecule has 160 valence electrons. The highest BCUT2D eigenvalue weighted by Gasteiger charge is 2.23. The summed E-state index contributed by atoms with van der Waals surface area (Å²) in [5.74, 6) is 4.36. The molecule has 8 heteroatoms. The number of hydrogen-bond donors (Lipinski definition) is 2. The van der Waals surface area contributed by atoms with Crippen LogP contribution in [0.5, 0.6) is 11.5 Å². The number of aryl methyl sites for hydroxylation is 1. The number of aromatic nitrogens is 2. The van der Waals surface area contributed by atoms with Crippen molar-refractivity contribution >= 4 is 29.1 Å². The second-order valence-electron chi connectivity index (χ2n) is 8.33. The fourth-order valence-corrected chi connectivity index (χ4v) is 4.31. The minimum absolute atomic E-state index is 0.488.